The van der Waals surface area contributed by atoms with E-state index in [2.05, 4.69) is 26.0 Å². The van der Waals surface area contributed by atoms with Crippen molar-refractivity contribution < 1.29 is 16.8 Å². The molecule has 7 rings (SSSR count). The highest BCUT2D eigenvalue weighted by Crippen LogP contribution is 2.34. The first-order chi connectivity index (χ1) is 26.8. The van der Waals surface area contributed by atoms with Crippen LogP contribution in [0.3, 0.4) is 0 Å². The fourth-order valence-corrected chi connectivity index (χ4v) is 8.26. The van der Waals surface area contributed by atoms with Gasteiger partial charge in [-0.05, 0) is 120 Å². The van der Waals surface area contributed by atoms with E-state index in [-0.39, 0.29) is 19.6 Å². The van der Waals surface area contributed by atoms with Gasteiger partial charge in [0.05, 0.1) is 43.4 Å². The predicted octanol–water partition coefficient (Wildman–Crippen LogP) is 9.71. The average Bonchev–Trinajstić information content (AvgIpc) is 3.23. The molecule has 0 saturated carbocycles. The quantitative estimate of drug-likeness (QED) is 0.0887. The Bertz CT molecular complexity index is 2450. The molecule has 7 aromatic rings. The summed E-state index contributed by atoms with van der Waals surface area (Å²) in [5, 5.41) is 8.70. The molecule has 9 nitrogen and oxygen atoms in total. The van der Waals surface area contributed by atoms with Crippen molar-refractivity contribution in [1.82, 2.24) is 0 Å². The number of nitrogens with zero attached hydrogens (tertiary/aromatic N) is 3. The standard InChI is InChI=1S/C44H35N5O4S2/c50-54(51,41-12-6-2-7-13-41)43-28-20-36(21-29-43)47-45-32-34-16-24-39(25-17-34)49(38-10-4-1-5-11-38)40-26-18-35(19-27-40)33-46-48-37-22-30-44(31-23-37)55(52,53)42-14-8-3-9-15-42/h1-33,47-48H/b45-32+,46-33+. The Kier molecular flexibility index (Phi) is 10.9. The number of hydrogen-bond donors (Lipinski definition) is 2. The van der Waals surface area contributed by atoms with Crippen LogP contribution in [0, 0.1) is 0 Å². The summed E-state index contributed by atoms with van der Waals surface area (Å²) in [4.78, 5) is 3.08. The van der Waals surface area contributed by atoms with Gasteiger partial charge in [0.2, 0.25) is 19.7 Å². The first-order valence-electron chi connectivity index (χ1n) is 17.2. The molecule has 0 atom stereocenters. The number of rotatable bonds is 13. The summed E-state index contributed by atoms with van der Waals surface area (Å²) in [5.41, 5.74) is 11.9. The molecule has 0 aliphatic carbocycles. The van der Waals surface area contributed by atoms with Crippen LogP contribution in [-0.4, -0.2) is 29.3 Å². The van der Waals surface area contributed by atoms with E-state index >= 15 is 0 Å². The summed E-state index contributed by atoms with van der Waals surface area (Å²) in [6.45, 7) is 0. The second-order valence-electron chi connectivity index (χ2n) is 12.3. The molecule has 0 saturated heterocycles. The minimum atomic E-state index is -3.59. The van der Waals surface area contributed by atoms with Crippen molar-refractivity contribution in [3.8, 4) is 0 Å². The summed E-state index contributed by atoms with van der Waals surface area (Å²) >= 11 is 0. The van der Waals surface area contributed by atoms with Crippen molar-refractivity contribution in [2.45, 2.75) is 19.6 Å². The SMILES string of the molecule is O=S(=O)(c1ccccc1)c1ccc(N/N=C/c2ccc(N(c3ccccc3)c3ccc(/C=N/Nc4ccc(S(=O)(=O)c5ccccc5)cc4)cc3)cc2)cc1. The van der Waals surface area contributed by atoms with Crippen LogP contribution in [-0.2, 0) is 19.7 Å². The van der Waals surface area contributed by atoms with Crippen LogP contribution in [0.25, 0.3) is 0 Å². The second kappa shape index (κ2) is 16.5. The minimum Gasteiger partial charge on any atom is -0.311 e. The maximum absolute atomic E-state index is 12.9. The van der Waals surface area contributed by atoms with Crippen LogP contribution in [0.15, 0.2) is 218 Å². The lowest BCUT2D eigenvalue weighted by atomic mass is 10.1. The van der Waals surface area contributed by atoms with E-state index in [1.54, 1.807) is 122 Å². The van der Waals surface area contributed by atoms with Gasteiger partial charge in [-0.2, -0.15) is 10.2 Å². The number of para-hydroxylation sites is 1. The van der Waals surface area contributed by atoms with Crippen LogP contribution in [0.1, 0.15) is 11.1 Å². The Hall–Kier alpha value is -6.82. The van der Waals surface area contributed by atoms with Crippen molar-refractivity contribution in [2.75, 3.05) is 15.8 Å². The molecule has 55 heavy (non-hydrogen) atoms. The van der Waals surface area contributed by atoms with Gasteiger partial charge in [-0.3, -0.25) is 10.9 Å². The van der Waals surface area contributed by atoms with Crippen molar-refractivity contribution in [1.29, 1.82) is 0 Å². The fourth-order valence-electron chi connectivity index (χ4n) is 5.69. The molecule has 11 heteroatoms. The van der Waals surface area contributed by atoms with E-state index in [1.165, 1.54) is 0 Å². The van der Waals surface area contributed by atoms with Crippen LogP contribution in [0.2, 0.25) is 0 Å². The van der Waals surface area contributed by atoms with E-state index in [4.69, 9.17) is 0 Å². The predicted molar refractivity (Wildman–Crippen MR) is 220 cm³/mol. The van der Waals surface area contributed by atoms with E-state index in [0.29, 0.717) is 11.4 Å². The van der Waals surface area contributed by atoms with Crippen molar-refractivity contribution in [3.63, 3.8) is 0 Å². The monoisotopic (exact) mass is 761 g/mol. The van der Waals surface area contributed by atoms with Gasteiger partial charge >= 0.3 is 0 Å². The molecule has 0 unspecified atom stereocenters. The van der Waals surface area contributed by atoms with Gasteiger partial charge in [0, 0.05) is 17.1 Å². The Balaban J connectivity index is 0.994. The zero-order valence-electron chi connectivity index (χ0n) is 29.3. The first kappa shape index (κ1) is 36.5. The van der Waals surface area contributed by atoms with Crippen molar-refractivity contribution in [2.24, 2.45) is 10.2 Å². The topological polar surface area (TPSA) is 120 Å². The maximum atomic E-state index is 12.9. The van der Waals surface area contributed by atoms with E-state index in [9.17, 15) is 16.8 Å². The third kappa shape index (κ3) is 8.71. The number of sulfone groups is 2. The average molecular weight is 762 g/mol. The highest BCUT2D eigenvalue weighted by atomic mass is 32.2. The van der Waals surface area contributed by atoms with Gasteiger partial charge in [0.15, 0.2) is 0 Å². The third-order valence-corrected chi connectivity index (χ3v) is 12.1. The lowest BCUT2D eigenvalue weighted by Crippen LogP contribution is -2.10. The van der Waals surface area contributed by atoms with Gasteiger partial charge in [0.1, 0.15) is 0 Å². The van der Waals surface area contributed by atoms with Crippen LogP contribution in [0.4, 0.5) is 28.4 Å². The molecule has 2 N–H and O–H groups in total. The number of nitrogens with one attached hydrogen (secondary N) is 2. The Morgan fingerprint density at radius 1 is 0.364 bits per heavy atom. The largest absolute Gasteiger partial charge is 0.311 e. The summed E-state index contributed by atoms with van der Waals surface area (Å²) in [7, 11) is -7.18. The van der Waals surface area contributed by atoms with Gasteiger partial charge in [-0.15, -0.1) is 0 Å². The number of hydrazone groups is 2. The first-order valence-corrected chi connectivity index (χ1v) is 20.2. The van der Waals surface area contributed by atoms with Crippen molar-refractivity contribution >= 4 is 60.5 Å². The molecule has 0 amide bonds. The zero-order valence-corrected chi connectivity index (χ0v) is 31.0. The Morgan fingerprint density at radius 3 is 1.04 bits per heavy atom. The third-order valence-electron chi connectivity index (χ3n) is 8.57. The normalized spacial score (nSPS) is 11.8. The molecule has 0 aliphatic rings. The fraction of sp³-hybridized carbons (Fsp3) is 0. The van der Waals surface area contributed by atoms with E-state index in [1.807, 2.05) is 78.9 Å². The Labute approximate surface area is 320 Å². The molecular weight excluding hydrogens is 727 g/mol. The lowest BCUT2D eigenvalue weighted by molar-refractivity contribution is 0.594. The highest BCUT2D eigenvalue weighted by Gasteiger charge is 2.18. The molecule has 7 aromatic carbocycles. The molecular formula is C44H35N5O4S2. The van der Waals surface area contributed by atoms with Gasteiger partial charge in [0.25, 0.3) is 0 Å². The number of hydrogen-bond acceptors (Lipinski definition) is 9. The smallest absolute Gasteiger partial charge is 0.206 e. The molecule has 0 spiro atoms. The van der Waals surface area contributed by atoms with Crippen LogP contribution in [0.5, 0.6) is 0 Å². The van der Waals surface area contributed by atoms with Gasteiger partial charge in [-0.25, -0.2) is 16.8 Å². The molecule has 0 bridgehead atoms. The van der Waals surface area contributed by atoms with Crippen molar-refractivity contribution in [3.05, 3.63) is 199 Å². The summed E-state index contributed by atoms with van der Waals surface area (Å²) in [6, 6.07) is 55.7. The molecule has 0 radical (unpaired) electrons. The molecule has 0 aliphatic heterocycles. The molecule has 0 fully saturated rings. The number of benzene rings is 7. The van der Waals surface area contributed by atoms with Crippen LogP contribution < -0.4 is 15.8 Å². The second-order valence-corrected chi connectivity index (χ2v) is 16.2. The molecule has 0 heterocycles. The lowest BCUT2D eigenvalue weighted by Gasteiger charge is -2.25. The molecule has 0 aromatic heterocycles. The minimum absolute atomic E-state index is 0.214. The highest BCUT2D eigenvalue weighted by molar-refractivity contribution is 7.91. The van der Waals surface area contributed by atoms with E-state index in [0.717, 1.165) is 28.2 Å². The summed E-state index contributed by atoms with van der Waals surface area (Å²) in [5.74, 6) is 0. The van der Waals surface area contributed by atoms with Gasteiger partial charge in [-0.1, -0.05) is 78.9 Å². The summed E-state index contributed by atoms with van der Waals surface area (Å²) in [6.07, 6.45) is 3.41. The van der Waals surface area contributed by atoms with Gasteiger partial charge < -0.3 is 4.90 Å². The maximum Gasteiger partial charge on any atom is 0.206 e. The Morgan fingerprint density at radius 2 is 0.673 bits per heavy atom. The molecule has 272 valence electrons. The zero-order chi connectivity index (χ0) is 38.1. The van der Waals surface area contributed by atoms with E-state index < -0.39 is 19.7 Å². The summed E-state index contributed by atoms with van der Waals surface area (Å²) < 4.78 is 51.5. The number of anilines is 5. The van der Waals surface area contributed by atoms with Crippen LogP contribution >= 0.6 is 0 Å².